The second-order valence-electron chi connectivity index (χ2n) is 5.35. The smallest absolute Gasteiger partial charge is 0.243 e. The number of halogens is 1. The van der Waals surface area contributed by atoms with Crippen molar-refractivity contribution in [3.63, 3.8) is 0 Å². The minimum absolute atomic E-state index is 0.0529. The van der Waals surface area contributed by atoms with Gasteiger partial charge in [0.25, 0.3) is 0 Å². The maximum Gasteiger partial charge on any atom is 0.243 e. The van der Waals surface area contributed by atoms with Crippen LogP contribution in [-0.4, -0.2) is 25.3 Å². The van der Waals surface area contributed by atoms with E-state index in [1.54, 1.807) is 11.2 Å². The van der Waals surface area contributed by atoms with E-state index in [-0.39, 0.29) is 10.9 Å². The van der Waals surface area contributed by atoms with Crippen molar-refractivity contribution in [3.05, 3.63) is 22.7 Å². The highest BCUT2D eigenvalue weighted by Crippen LogP contribution is 2.29. The third-order valence-corrected chi connectivity index (χ3v) is 6.16. The Hall–Kier alpha value is -0.780. The third-order valence-electron chi connectivity index (χ3n) is 3.78. The minimum atomic E-state index is -3.58. The zero-order valence-corrected chi connectivity index (χ0v) is 14.8. The molecule has 0 amide bonds. The van der Waals surface area contributed by atoms with E-state index in [0.717, 1.165) is 19.3 Å². The van der Waals surface area contributed by atoms with E-state index in [1.807, 2.05) is 20.8 Å². The molecule has 0 aliphatic carbocycles. The van der Waals surface area contributed by atoms with Gasteiger partial charge in [0.15, 0.2) is 0 Å². The summed E-state index contributed by atoms with van der Waals surface area (Å²) in [5, 5.41) is 0.383. The molecule has 0 aliphatic heterocycles. The van der Waals surface area contributed by atoms with Crippen LogP contribution in [0, 0.1) is 6.92 Å². The highest BCUT2D eigenvalue weighted by atomic mass is 35.5. The van der Waals surface area contributed by atoms with Crippen LogP contribution in [0.5, 0.6) is 0 Å². The van der Waals surface area contributed by atoms with Crippen molar-refractivity contribution in [3.8, 4) is 0 Å². The largest absolute Gasteiger partial charge is 0.398 e. The normalized spacial score (nSPS) is 13.6. The molecule has 0 aromatic heterocycles. The molecule has 0 saturated heterocycles. The number of unbranched alkanes of at least 4 members (excludes halogenated alkanes) is 1. The first-order valence-electron chi connectivity index (χ1n) is 7.33. The Morgan fingerprint density at radius 2 is 1.95 bits per heavy atom. The van der Waals surface area contributed by atoms with Crippen LogP contribution in [0.25, 0.3) is 0 Å². The first-order chi connectivity index (χ1) is 9.75. The summed E-state index contributed by atoms with van der Waals surface area (Å²) in [5.74, 6) is 0. The average molecular weight is 333 g/mol. The van der Waals surface area contributed by atoms with E-state index in [4.69, 9.17) is 17.3 Å². The Bertz CT molecular complexity index is 564. The number of nitrogen functional groups attached to an aromatic ring is 1. The summed E-state index contributed by atoms with van der Waals surface area (Å²) in [4.78, 5) is 0.173. The molecule has 21 heavy (non-hydrogen) atoms. The molecule has 1 unspecified atom stereocenters. The van der Waals surface area contributed by atoms with Crippen molar-refractivity contribution in [2.75, 3.05) is 12.3 Å². The molecule has 1 aromatic rings. The molecule has 1 aromatic carbocycles. The summed E-state index contributed by atoms with van der Waals surface area (Å²) in [6.45, 7) is 8.24. The Kier molecular flexibility index (Phi) is 6.50. The van der Waals surface area contributed by atoms with Crippen LogP contribution in [0.3, 0.4) is 0 Å². The van der Waals surface area contributed by atoms with Crippen LogP contribution >= 0.6 is 11.6 Å². The van der Waals surface area contributed by atoms with E-state index < -0.39 is 10.0 Å². The van der Waals surface area contributed by atoms with Gasteiger partial charge in [0.1, 0.15) is 0 Å². The van der Waals surface area contributed by atoms with Gasteiger partial charge in [-0.15, -0.1) is 0 Å². The summed E-state index contributed by atoms with van der Waals surface area (Å²) < 4.78 is 27.3. The van der Waals surface area contributed by atoms with E-state index >= 15 is 0 Å². The average Bonchev–Trinajstić information content (AvgIpc) is 2.43. The van der Waals surface area contributed by atoms with Crippen LogP contribution in [0.4, 0.5) is 5.69 Å². The molecular weight excluding hydrogens is 308 g/mol. The number of nitrogens with zero attached hydrogens (tertiary/aromatic N) is 1. The predicted octanol–water partition coefficient (Wildman–Crippen LogP) is 3.82. The van der Waals surface area contributed by atoms with Gasteiger partial charge in [-0.3, -0.25) is 0 Å². The van der Waals surface area contributed by atoms with Crippen molar-refractivity contribution in [2.24, 2.45) is 0 Å². The Balaban J connectivity index is 3.28. The second-order valence-corrected chi connectivity index (χ2v) is 7.64. The van der Waals surface area contributed by atoms with Gasteiger partial charge in [0.05, 0.1) is 4.90 Å². The number of hydrogen-bond acceptors (Lipinski definition) is 3. The van der Waals surface area contributed by atoms with Gasteiger partial charge in [0, 0.05) is 23.3 Å². The van der Waals surface area contributed by atoms with Crippen LogP contribution < -0.4 is 5.73 Å². The van der Waals surface area contributed by atoms with Crippen LogP contribution in [0.1, 0.15) is 45.6 Å². The number of rotatable bonds is 7. The fraction of sp³-hybridized carbons (Fsp3) is 0.600. The van der Waals surface area contributed by atoms with E-state index in [1.165, 1.54) is 12.1 Å². The van der Waals surface area contributed by atoms with Gasteiger partial charge in [-0.1, -0.05) is 31.9 Å². The molecule has 0 heterocycles. The molecule has 4 nitrogen and oxygen atoms in total. The molecule has 2 N–H and O–H groups in total. The quantitative estimate of drug-likeness (QED) is 0.772. The van der Waals surface area contributed by atoms with Gasteiger partial charge in [-0.05, 0) is 44.4 Å². The summed E-state index contributed by atoms with van der Waals surface area (Å²) in [6, 6.07) is 2.93. The maximum atomic E-state index is 12.9. The van der Waals surface area contributed by atoms with Crippen LogP contribution in [0.15, 0.2) is 17.0 Å². The van der Waals surface area contributed by atoms with Crippen molar-refractivity contribution in [2.45, 2.75) is 57.9 Å². The zero-order valence-electron chi connectivity index (χ0n) is 13.2. The lowest BCUT2D eigenvalue weighted by Gasteiger charge is -2.28. The van der Waals surface area contributed by atoms with Gasteiger partial charge < -0.3 is 5.73 Å². The Morgan fingerprint density at radius 3 is 2.43 bits per heavy atom. The van der Waals surface area contributed by atoms with Gasteiger partial charge in [-0.25, -0.2) is 8.42 Å². The minimum Gasteiger partial charge on any atom is -0.398 e. The first kappa shape index (κ1) is 18.3. The first-order valence-corrected chi connectivity index (χ1v) is 9.14. The molecule has 120 valence electrons. The number of hydrogen-bond donors (Lipinski definition) is 1. The molecule has 1 atom stereocenters. The van der Waals surface area contributed by atoms with Crippen molar-refractivity contribution in [1.29, 1.82) is 0 Å². The van der Waals surface area contributed by atoms with Crippen molar-refractivity contribution >= 4 is 27.3 Å². The predicted molar refractivity (Wildman–Crippen MR) is 89.2 cm³/mol. The van der Waals surface area contributed by atoms with Crippen LogP contribution in [0.2, 0.25) is 5.02 Å². The molecular formula is C15H25ClN2O2S. The van der Waals surface area contributed by atoms with Gasteiger partial charge >= 0.3 is 0 Å². The van der Waals surface area contributed by atoms with Gasteiger partial charge in [-0.2, -0.15) is 4.31 Å². The lowest BCUT2D eigenvalue weighted by Crippen LogP contribution is -2.39. The zero-order chi connectivity index (χ0) is 16.2. The van der Waals surface area contributed by atoms with E-state index in [9.17, 15) is 8.42 Å². The van der Waals surface area contributed by atoms with Crippen molar-refractivity contribution < 1.29 is 8.42 Å². The number of benzene rings is 1. The summed E-state index contributed by atoms with van der Waals surface area (Å²) >= 11 is 6.08. The molecule has 1 rings (SSSR count). The highest BCUT2D eigenvalue weighted by molar-refractivity contribution is 7.89. The molecule has 0 fully saturated rings. The number of anilines is 1. The molecule has 0 radical (unpaired) electrons. The summed E-state index contributed by atoms with van der Waals surface area (Å²) in [5.41, 5.74) is 6.97. The van der Waals surface area contributed by atoms with E-state index in [2.05, 4.69) is 0 Å². The van der Waals surface area contributed by atoms with E-state index in [0.29, 0.717) is 22.8 Å². The maximum absolute atomic E-state index is 12.9. The lowest BCUT2D eigenvalue weighted by molar-refractivity contribution is 0.324. The fourth-order valence-corrected chi connectivity index (χ4v) is 4.15. The molecule has 0 aliphatic rings. The van der Waals surface area contributed by atoms with Crippen molar-refractivity contribution in [1.82, 2.24) is 4.31 Å². The second kappa shape index (κ2) is 7.47. The topological polar surface area (TPSA) is 63.4 Å². The number of nitrogens with two attached hydrogens (primary N) is 1. The highest BCUT2D eigenvalue weighted by Gasteiger charge is 2.28. The molecule has 0 saturated carbocycles. The Morgan fingerprint density at radius 1 is 1.33 bits per heavy atom. The Labute approximate surface area is 133 Å². The fourth-order valence-electron chi connectivity index (χ4n) is 2.05. The number of sulfonamides is 1. The monoisotopic (exact) mass is 332 g/mol. The van der Waals surface area contributed by atoms with Crippen LogP contribution in [-0.2, 0) is 10.0 Å². The standard InChI is InChI=1S/C15H25ClN2O2S/c1-5-7-8-18(11(3)6-2)21(19,20)13-9-14(16)12(4)15(17)10-13/h9-11H,5-8,17H2,1-4H3. The molecule has 6 heteroatoms. The lowest BCUT2D eigenvalue weighted by atomic mass is 10.2. The third kappa shape index (κ3) is 4.11. The molecule has 0 spiro atoms. The summed E-state index contributed by atoms with van der Waals surface area (Å²) in [7, 11) is -3.58. The summed E-state index contributed by atoms with van der Waals surface area (Å²) in [6.07, 6.45) is 2.54. The molecule has 0 bridgehead atoms. The SMILES string of the molecule is CCCCN(C(C)CC)S(=O)(=O)c1cc(N)c(C)c(Cl)c1. The van der Waals surface area contributed by atoms with Gasteiger partial charge in [0.2, 0.25) is 10.0 Å².